The van der Waals surface area contributed by atoms with Crippen molar-refractivity contribution >= 4 is 0 Å². The first-order valence-electron chi connectivity index (χ1n) is 5.62. The van der Waals surface area contributed by atoms with Crippen molar-refractivity contribution in [3.05, 3.63) is 0 Å². The van der Waals surface area contributed by atoms with Crippen LogP contribution in [0.1, 0.15) is 32.1 Å². The molecule has 1 heteroatoms. The Kier molecular flexibility index (Phi) is 1.68. The minimum atomic E-state index is 1.09. The third-order valence-electron chi connectivity index (χ3n) is 3.90. The van der Waals surface area contributed by atoms with Crippen molar-refractivity contribution in [1.82, 2.24) is 4.90 Å². The zero-order valence-electron chi connectivity index (χ0n) is 7.84. The van der Waals surface area contributed by atoms with E-state index in [1.54, 1.807) is 6.42 Å². The molecule has 3 aliphatic rings. The summed E-state index contributed by atoms with van der Waals surface area (Å²) >= 11 is 0. The third-order valence-corrected chi connectivity index (χ3v) is 3.90. The van der Waals surface area contributed by atoms with E-state index in [0.717, 1.165) is 17.8 Å². The molecule has 1 saturated heterocycles. The Bertz CT molecular complexity index is 162. The molecule has 1 heterocycles. The first-order valence-corrected chi connectivity index (χ1v) is 5.62. The highest BCUT2D eigenvalue weighted by molar-refractivity contribution is 4.88. The molecular formula is C11H19N. The van der Waals surface area contributed by atoms with Gasteiger partial charge in [0.05, 0.1) is 0 Å². The first-order chi connectivity index (χ1) is 5.90. The summed E-state index contributed by atoms with van der Waals surface area (Å²) in [4.78, 5) is 2.75. The molecule has 3 fully saturated rings. The van der Waals surface area contributed by atoms with Crippen molar-refractivity contribution < 1.29 is 0 Å². The van der Waals surface area contributed by atoms with E-state index in [2.05, 4.69) is 4.90 Å². The lowest BCUT2D eigenvalue weighted by atomic mass is 9.99. The van der Waals surface area contributed by atoms with Gasteiger partial charge in [-0.3, -0.25) is 0 Å². The second-order valence-corrected chi connectivity index (χ2v) is 5.21. The largest absolute Gasteiger partial charge is 0.303 e. The first kappa shape index (κ1) is 7.37. The third kappa shape index (κ3) is 1.39. The van der Waals surface area contributed by atoms with Crippen LogP contribution in [0.4, 0.5) is 0 Å². The molecule has 0 radical (unpaired) electrons. The standard InChI is InChI=1S/C11H19N/c1-2-9(1)6-12-7-10-3-4-11(5-10)8-12/h9-11H,1-8H2. The second-order valence-electron chi connectivity index (χ2n) is 5.21. The van der Waals surface area contributed by atoms with E-state index < -0.39 is 0 Å². The molecule has 2 saturated carbocycles. The topological polar surface area (TPSA) is 3.24 Å². The summed E-state index contributed by atoms with van der Waals surface area (Å²) in [5.41, 5.74) is 0. The average Bonchev–Trinajstić information content (AvgIpc) is 2.79. The molecule has 2 unspecified atom stereocenters. The molecule has 0 aromatic heterocycles. The van der Waals surface area contributed by atoms with Crippen LogP contribution >= 0.6 is 0 Å². The number of nitrogens with zero attached hydrogens (tertiary/aromatic N) is 1. The van der Waals surface area contributed by atoms with Crippen molar-refractivity contribution in [3.63, 3.8) is 0 Å². The molecular weight excluding hydrogens is 146 g/mol. The molecule has 68 valence electrons. The highest BCUT2D eigenvalue weighted by Crippen LogP contribution is 2.38. The zero-order valence-corrected chi connectivity index (χ0v) is 7.84. The number of fused-ring (bicyclic) bond motifs is 2. The van der Waals surface area contributed by atoms with E-state index in [1.807, 2.05) is 0 Å². The van der Waals surface area contributed by atoms with Gasteiger partial charge < -0.3 is 4.90 Å². The summed E-state index contributed by atoms with van der Waals surface area (Å²) in [5, 5.41) is 0. The summed E-state index contributed by atoms with van der Waals surface area (Å²) in [5.74, 6) is 3.27. The van der Waals surface area contributed by atoms with Crippen LogP contribution in [-0.4, -0.2) is 24.5 Å². The van der Waals surface area contributed by atoms with E-state index in [1.165, 1.54) is 45.3 Å². The molecule has 2 atom stereocenters. The second kappa shape index (κ2) is 2.73. The molecule has 2 aliphatic carbocycles. The fourth-order valence-electron chi connectivity index (χ4n) is 3.13. The Morgan fingerprint density at radius 1 is 0.917 bits per heavy atom. The van der Waals surface area contributed by atoms with Gasteiger partial charge in [-0.25, -0.2) is 0 Å². The fraction of sp³-hybridized carbons (Fsp3) is 1.00. The maximum Gasteiger partial charge on any atom is 0.00100 e. The molecule has 0 spiro atoms. The molecule has 12 heavy (non-hydrogen) atoms. The van der Waals surface area contributed by atoms with E-state index >= 15 is 0 Å². The van der Waals surface area contributed by atoms with Gasteiger partial charge in [0.1, 0.15) is 0 Å². The highest BCUT2D eigenvalue weighted by Gasteiger charge is 2.34. The Hall–Kier alpha value is -0.0400. The van der Waals surface area contributed by atoms with Gasteiger partial charge in [-0.2, -0.15) is 0 Å². The summed E-state index contributed by atoms with van der Waals surface area (Å²) in [6, 6.07) is 0. The Balaban J connectivity index is 1.58. The minimum absolute atomic E-state index is 1.09. The lowest BCUT2D eigenvalue weighted by Gasteiger charge is -2.31. The summed E-state index contributed by atoms with van der Waals surface area (Å²) in [6.07, 6.45) is 7.66. The number of piperidine rings is 1. The van der Waals surface area contributed by atoms with Gasteiger partial charge in [-0.15, -0.1) is 0 Å². The number of rotatable bonds is 2. The van der Waals surface area contributed by atoms with Crippen LogP contribution in [0.2, 0.25) is 0 Å². The number of hydrogen-bond donors (Lipinski definition) is 0. The Labute approximate surface area is 75.1 Å². The predicted molar refractivity (Wildman–Crippen MR) is 50.0 cm³/mol. The van der Waals surface area contributed by atoms with Crippen LogP contribution in [-0.2, 0) is 0 Å². The van der Waals surface area contributed by atoms with Gasteiger partial charge in [0.15, 0.2) is 0 Å². The predicted octanol–water partition coefficient (Wildman–Crippen LogP) is 2.13. The van der Waals surface area contributed by atoms with Crippen LogP contribution in [0.3, 0.4) is 0 Å². The smallest absolute Gasteiger partial charge is 0.00100 e. The van der Waals surface area contributed by atoms with Crippen molar-refractivity contribution in [2.24, 2.45) is 17.8 Å². The Morgan fingerprint density at radius 3 is 2.17 bits per heavy atom. The van der Waals surface area contributed by atoms with E-state index in [0.29, 0.717) is 0 Å². The lowest BCUT2D eigenvalue weighted by Crippen LogP contribution is -2.37. The summed E-state index contributed by atoms with van der Waals surface area (Å²) < 4.78 is 0. The van der Waals surface area contributed by atoms with E-state index in [-0.39, 0.29) is 0 Å². The maximum absolute atomic E-state index is 2.75. The van der Waals surface area contributed by atoms with E-state index in [9.17, 15) is 0 Å². The van der Waals surface area contributed by atoms with Gasteiger partial charge in [-0.1, -0.05) is 0 Å². The average molecular weight is 165 g/mol. The molecule has 0 aromatic rings. The lowest BCUT2D eigenvalue weighted by molar-refractivity contribution is 0.162. The van der Waals surface area contributed by atoms with Crippen LogP contribution in [0, 0.1) is 17.8 Å². The maximum atomic E-state index is 2.75. The van der Waals surface area contributed by atoms with Crippen molar-refractivity contribution in [1.29, 1.82) is 0 Å². The molecule has 1 nitrogen and oxygen atoms in total. The van der Waals surface area contributed by atoms with Gasteiger partial charge in [0.25, 0.3) is 0 Å². The molecule has 3 rings (SSSR count). The van der Waals surface area contributed by atoms with Crippen molar-refractivity contribution in [3.8, 4) is 0 Å². The quantitative estimate of drug-likeness (QED) is 0.606. The normalized spacial score (nSPS) is 42.0. The summed E-state index contributed by atoms with van der Waals surface area (Å²) in [7, 11) is 0. The monoisotopic (exact) mass is 165 g/mol. The zero-order chi connectivity index (χ0) is 7.97. The minimum Gasteiger partial charge on any atom is -0.303 e. The number of likely N-dealkylation sites (tertiary alicyclic amines) is 1. The van der Waals surface area contributed by atoms with Crippen LogP contribution in [0.15, 0.2) is 0 Å². The molecule has 2 bridgehead atoms. The van der Waals surface area contributed by atoms with Crippen LogP contribution < -0.4 is 0 Å². The molecule has 0 N–H and O–H groups in total. The SMILES string of the molecule is C1CC1CN1CC2CCC(C2)C1. The van der Waals surface area contributed by atoms with Gasteiger partial charge in [0, 0.05) is 19.6 Å². The van der Waals surface area contributed by atoms with Gasteiger partial charge >= 0.3 is 0 Å². The van der Waals surface area contributed by atoms with Crippen LogP contribution in [0.25, 0.3) is 0 Å². The Morgan fingerprint density at radius 2 is 1.58 bits per heavy atom. The summed E-state index contributed by atoms with van der Waals surface area (Å²) in [6.45, 7) is 4.31. The van der Waals surface area contributed by atoms with E-state index in [4.69, 9.17) is 0 Å². The fourth-order valence-corrected chi connectivity index (χ4v) is 3.13. The molecule has 0 amide bonds. The highest BCUT2D eigenvalue weighted by atomic mass is 15.1. The molecule has 1 aliphatic heterocycles. The molecule has 0 aromatic carbocycles. The van der Waals surface area contributed by atoms with Gasteiger partial charge in [-0.05, 0) is 49.9 Å². The van der Waals surface area contributed by atoms with Crippen molar-refractivity contribution in [2.75, 3.05) is 19.6 Å². The number of hydrogen-bond acceptors (Lipinski definition) is 1. The van der Waals surface area contributed by atoms with Crippen LogP contribution in [0.5, 0.6) is 0 Å². The van der Waals surface area contributed by atoms with Crippen molar-refractivity contribution in [2.45, 2.75) is 32.1 Å². The van der Waals surface area contributed by atoms with Gasteiger partial charge in [0.2, 0.25) is 0 Å².